The highest BCUT2D eigenvalue weighted by Crippen LogP contribution is 2.29. The maximum absolute atomic E-state index is 5.42. The van der Waals surface area contributed by atoms with Crippen LogP contribution in [-0.4, -0.2) is 49.8 Å². The van der Waals surface area contributed by atoms with Gasteiger partial charge in [0, 0.05) is 24.8 Å². The van der Waals surface area contributed by atoms with Crippen molar-refractivity contribution in [1.29, 1.82) is 0 Å². The largest absolute Gasteiger partial charge is 0.493 e. The highest BCUT2D eigenvalue weighted by molar-refractivity contribution is 5.42. The Kier molecular flexibility index (Phi) is 6.26. The van der Waals surface area contributed by atoms with Crippen LogP contribution in [0.25, 0.3) is 0 Å². The van der Waals surface area contributed by atoms with E-state index in [0.717, 1.165) is 23.7 Å². The van der Waals surface area contributed by atoms with Gasteiger partial charge in [-0.2, -0.15) is 0 Å². The van der Waals surface area contributed by atoms with Gasteiger partial charge < -0.3 is 19.7 Å². The highest BCUT2D eigenvalue weighted by Gasteiger charge is 2.19. The standard InChI is InChI=1S/C16H27N3O2/c1-4-9-19-10-6-13(7-11-19)18-12-14-16(21-3)15(20-2)5-8-17-14/h5,8,13,18H,4,6-7,9-12H2,1-3H3. The predicted molar refractivity (Wildman–Crippen MR) is 83.9 cm³/mol. The fraction of sp³-hybridized carbons (Fsp3) is 0.688. The van der Waals surface area contributed by atoms with E-state index in [9.17, 15) is 0 Å². The minimum Gasteiger partial charge on any atom is -0.493 e. The molecule has 1 N–H and O–H groups in total. The molecule has 0 amide bonds. The number of nitrogens with one attached hydrogen (secondary N) is 1. The van der Waals surface area contributed by atoms with Crippen LogP contribution in [-0.2, 0) is 6.54 Å². The Morgan fingerprint density at radius 3 is 2.67 bits per heavy atom. The normalized spacial score (nSPS) is 16.9. The predicted octanol–water partition coefficient (Wildman–Crippen LogP) is 2.06. The number of nitrogens with zero attached hydrogens (tertiary/aromatic N) is 2. The third-order valence-electron chi connectivity index (χ3n) is 4.05. The average molecular weight is 293 g/mol. The molecule has 0 bridgehead atoms. The Bertz CT molecular complexity index is 432. The number of ether oxygens (including phenoxy) is 2. The third kappa shape index (κ3) is 4.32. The molecule has 0 radical (unpaired) electrons. The van der Waals surface area contributed by atoms with Crippen LogP contribution in [0.1, 0.15) is 31.9 Å². The minimum atomic E-state index is 0.566. The Hall–Kier alpha value is -1.33. The number of aromatic nitrogens is 1. The van der Waals surface area contributed by atoms with E-state index in [1.807, 2.05) is 6.07 Å². The molecule has 0 saturated carbocycles. The molecule has 0 unspecified atom stereocenters. The average Bonchev–Trinajstić information content (AvgIpc) is 2.54. The Balaban J connectivity index is 1.86. The summed E-state index contributed by atoms with van der Waals surface area (Å²) in [5.41, 5.74) is 0.910. The lowest BCUT2D eigenvalue weighted by Gasteiger charge is -2.32. The molecule has 0 spiro atoms. The monoisotopic (exact) mass is 293 g/mol. The number of hydrogen-bond acceptors (Lipinski definition) is 5. The molecule has 1 fully saturated rings. The molecule has 0 aromatic carbocycles. The van der Waals surface area contributed by atoms with Crippen LogP contribution < -0.4 is 14.8 Å². The van der Waals surface area contributed by atoms with Gasteiger partial charge in [-0.15, -0.1) is 0 Å². The number of likely N-dealkylation sites (tertiary alicyclic amines) is 1. The van der Waals surface area contributed by atoms with E-state index in [1.54, 1.807) is 20.4 Å². The summed E-state index contributed by atoms with van der Waals surface area (Å²) in [6.45, 7) is 6.56. The maximum atomic E-state index is 5.42. The van der Waals surface area contributed by atoms with Crippen molar-refractivity contribution < 1.29 is 9.47 Å². The van der Waals surface area contributed by atoms with Gasteiger partial charge in [0.25, 0.3) is 0 Å². The van der Waals surface area contributed by atoms with Crippen molar-refractivity contribution in [3.05, 3.63) is 18.0 Å². The molecule has 1 aliphatic rings. The fourth-order valence-electron chi connectivity index (χ4n) is 2.89. The Labute approximate surface area is 127 Å². The summed E-state index contributed by atoms with van der Waals surface area (Å²) >= 11 is 0. The highest BCUT2D eigenvalue weighted by atomic mass is 16.5. The molecular weight excluding hydrogens is 266 g/mol. The number of piperidine rings is 1. The quantitative estimate of drug-likeness (QED) is 0.834. The topological polar surface area (TPSA) is 46.6 Å². The summed E-state index contributed by atoms with van der Waals surface area (Å²) in [5.74, 6) is 1.47. The molecule has 21 heavy (non-hydrogen) atoms. The van der Waals surface area contributed by atoms with E-state index in [0.29, 0.717) is 6.04 Å². The summed E-state index contributed by atoms with van der Waals surface area (Å²) < 4.78 is 10.7. The molecule has 1 aromatic rings. The van der Waals surface area contributed by atoms with Crippen molar-refractivity contribution in [2.75, 3.05) is 33.9 Å². The fourth-order valence-corrected chi connectivity index (χ4v) is 2.89. The van der Waals surface area contributed by atoms with E-state index in [4.69, 9.17) is 9.47 Å². The summed E-state index contributed by atoms with van der Waals surface area (Å²) in [7, 11) is 3.31. The second-order valence-corrected chi connectivity index (χ2v) is 5.49. The van der Waals surface area contributed by atoms with Crippen molar-refractivity contribution in [3.8, 4) is 11.5 Å². The van der Waals surface area contributed by atoms with E-state index < -0.39 is 0 Å². The minimum absolute atomic E-state index is 0.566. The first-order valence-electron chi connectivity index (χ1n) is 7.80. The summed E-state index contributed by atoms with van der Waals surface area (Å²) in [6.07, 6.45) is 5.41. The van der Waals surface area contributed by atoms with Gasteiger partial charge in [-0.25, -0.2) is 0 Å². The summed E-state index contributed by atoms with van der Waals surface area (Å²) in [5, 5.41) is 3.60. The summed E-state index contributed by atoms with van der Waals surface area (Å²) in [4.78, 5) is 6.95. The van der Waals surface area contributed by atoms with Gasteiger partial charge in [-0.3, -0.25) is 4.98 Å². The smallest absolute Gasteiger partial charge is 0.183 e. The number of hydrogen-bond donors (Lipinski definition) is 1. The lowest BCUT2D eigenvalue weighted by molar-refractivity contribution is 0.197. The molecule has 0 aliphatic carbocycles. The molecule has 1 aromatic heterocycles. The second kappa shape index (κ2) is 8.20. The number of pyridine rings is 1. The van der Waals surface area contributed by atoms with E-state index in [2.05, 4.69) is 22.1 Å². The molecule has 2 rings (SSSR count). The number of rotatable bonds is 7. The second-order valence-electron chi connectivity index (χ2n) is 5.49. The Morgan fingerprint density at radius 2 is 2.05 bits per heavy atom. The van der Waals surface area contributed by atoms with Gasteiger partial charge in [-0.1, -0.05) is 6.92 Å². The van der Waals surface area contributed by atoms with Crippen molar-refractivity contribution >= 4 is 0 Å². The van der Waals surface area contributed by atoms with E-state index >= 15 is 0 Å². The van der Waals surface area contributed by atoms with Crippen molar-refractivity contribution in [2.24, 2.45) is 0 Å². The van der Waals surface area contributed by atoms with Crippen LogP contribution in [0.3, 0.4) is 0 Å². The van der Waals surface area contributed by atoms with Crippen molar-refractivity contribution in [1.82, 2.24) is 15.2 Å². The lowest BCUT2D eigenvalue weighted by Crippen LogP contribution is -2.42. The first-order chi connectivity index (χ1) is 10.3. The zero-order valence-electron chi connectivity index (χ0n) is 13.4. The van der Waals surface area contributed by atoms with E-state index in [1.165, 1.54) is 38.9 Å². The zero-order chi connectivity index (χ0) is 15.1. The molecule has 0 atom stereocenters. The van der Waals surface area contributed by atoms with Crippen LogP contribution in [0.5, 0.6) is 11.5 Å². The van der Waals surface area contributed by atoms with Crippen molar-refractivity contribution in [3.63, 3.8) is 0 Å². The van der Waals surface area contributed by atoms with Crippen molar-refractivity contribution in [2.45, 2.75) is 38.8 Å². The lowest BCUT2D eigenvalue weighted by atomic mass is 10.0. The van der Waals surface area contributed by atoms with Crippen LogP contribution in [0.2, 0.25) is 0 Å². The van der Waals surface area contributed by atoms with Gasteiger partial charge >= 0.3 is 0 Å². The third-order valence-corrected chi connectivity index (χ3v) is 4.05. The zero-order valence-corrected chi connectivity index (χ0v) is 13.4. The molecule has 2 heterocycles. The molecule has 5 nitrogen and oxygen atoms in total. The van der Waals surface area contributed by atoms with Crippen LogP contribution >= 0.6 is 0 Å². The van der Waals surface area contributed by atoms with Gasteiger partial charge in [-0.05, 0) is 38.9 Å². The molecule has 1 aliphatic heterocycles. The van der Waals surface area contributed by atoms with E-state index in [-0.39, 0.29) is 0 Å². The first kappa shape index (κ1) is 16.0. The molecule has 5 heteroatoms. The molecule has 118 valence electrons. The summed E-state index contributed by atoms with van der Waals surface area (Å²) in [6, 6.07) is 2.39. The van der Waals surface area contributed by atoms with Crippen LogP contribution in [0.15, 0.2) is 12.3 Å². The number of methoxy groups -OCH3 is 2. The molecule has 1 saturated heterocycles. The first-order valence-corrected chi connectivity index (χ1v) is 7.80. The van der Waals surface area contributed by atoms with Crippen LogP contribution in [0, 0.1) is 0 Å². The van der Waals surface area contributed by atoms with Crippen LogP contribution in [0.4, 0.5) is 0 Å². The van der Waals surface area contributed by atoms with Gasteiger partial charge in [0.2, 0.25) is 0 Å². The van der Waals surface area contributed by atoms with Gasteiger partial charge in [0.1, 0.15) is 0 Å². The van der Waals surface area contributed by atoms with Gasteiger partial charge in [0.05, 0.1) is 19.9 Å². The Morgan fingerprint density at radius 1 is 1.29 bits per heavy atom. The maximum Gasteiger partial charge on any atom is 0.183 e. The SMILES string of the molecule is CCCN1CCC(NCc2nccc(OC)c2OC)CC1. The van der Waals surface area contributed by atoms with Gasteiger partial charge in [0.15, 0.2) is 11.5 Å². The molecular formula is C16H27N3O2.